The van der Waals surface area contributed by atoms with Crippen LogP contribution in [0.5, 0.6) is 5.75 Å². The molecule has 3 fully saturated rings. The van der Waals surface area contributed by atoms with Crippen LogP contribution in [0.25, 0.3) is 21.9 Å². The van der Waals surface area contributed by atoms with Crippen molar-refractivity contribution in [3.05, 3.63) is 76.7 Å². The van der Waals surface area contributed by atoms with Gasteiger partial charge in [-0.15, -0.1) is 0 Å². The van der Waals surface area contributed by atoms with Crippen LogP contribution >= 0.6 is 0 Å². The SMILES string of the molecule is Cn1c(=O)n(C2CCC(=O)NC2=O)c2cccc(OC3CCN([C@H]4CC[C@H](n5cc6cc(NC(=O)c7cccc(C(F)(F)F)n7)ncc6n5)CC4)CC3)c21. The number of para-hydroxylation sites is 1. The minimum Gasteiger partial charge on any atom is -0.488 e. The van der Waals surface area contributed by atoms with E-state index in [0.29, 0.717) is 28.3 Å². The normalized spacial score (nSPS) is 21.7. The summed E-state index contributed by atoms with van der Waals surface area (Å²) >= 11 is 0. The maximum atomic E-state index is 13.3. The number of aromatic nitrogens is 6. The molecule has 1 unspecified atom stereocenters. The van der Waals surface area contributed by atoms with E-state index in [1.54, 1.807) is 19.2 Å². The van der Waals surface area contributed by atoms with E-state index >= 15 is 0 Å². The molecule has 14 nitrogen and oxygen atoms in total. The molecule has 1 saturated carbocycles. The maximum absolute atomic E-state index is 13.3. The molecule has 0 spiro atoms. The van der Waals surface area contributed by atoms with Crippen LogP contribution in [0.4, 0.5) is 19.0 Å². The minimum absolute atomic E-state index is 0.0293. The minimum atomic E-state index is -4.66. The quantitative estimate of drug-likeness (QED) is 0.224. The van der Waals surface area contributed by atoms with Crippen molar-refractivity contribution in [3.8, 4) is 5.75 Å². The number of imidazole rings is 1. The van der Waals surface area contributed by atoms with Crippen molar-refractivity contribution >= 4 is 45.5 Å². The Morgan fingerprint density at radius 3 is 2.44 bits per heavy atom. The van der Waals surface area contributed by atoms with Crippen LogP contribution in [-0.4, -0.2) is 76.7 Å². The summed E-state index contributed by atoms with van der Waals surface area (Å²) in [5.74, 6) is -0.810. The Morgan fingerprint density at radius 2 is 1.70 bits per heavy atom. The van der Waals surface area contributed by atoms with Gasteiger partial charge in [-0.05, 0) is 75.3 Å². The van der Waals surface area contributed by atoms with Crippen LogP contribution in [0.3, 0.4) is 0 Å². The van der Waals surface area contributed by atoms with Crippen LogP contribution in [0.1, 0.15) is 79.6 Å². The highest BCUT2D eigenvalue weighted by molar-refractivity contribution is 6.03. The number of benzene rings is 1. The molecule has 3 aliphatic rings. The predicted molar refractivity (Wildman–Crippen MR) is 190 cm³/mol. The Balaban J connectivity index is 0.858. The summed E-state index contributed by atoms with van der Waals surface area (Å²) in [5.41, 5.74) is 0.0460. The average Bonchev–Trinajstić information content (AvgIpc) is 3.70. The molecule has 5 aromatic rings. The number of hydrogen-bond acceptors (Lipinski definition) is 9. The van der Waals surface area contributed by atoms with Gasteiger partial charge in [-0.3, -0.25) is 33.5 Å². The van der Waals surface area contributed by atoms with E-state index in [9.17, 15) is 32.3 Å². The summed E-state index contributed by atoms with van der Waals surface area (Å²) in [6.07, 6.45) is 4.75. The third kappa shape index (κ3) is 6.83. The second kappa shape index (κ2) is 14.0. The van der Waals surface area contributed by atoms with E-state index in [1.165, 1.54) is 21.4 Å². The predicted octanol–water partition coefficient (Wildman–Crippen LogP) is 4.76. The van der Waals surface area contributed by atoms with Gasteiger partial charge in [0.05, 0.1) is 17.8 Å². The van der Waals surface area contributed by atoms with E-state index in [0.717, 1.165) is 69.1 Å². The first kappa shape index (κ1) is 35.4. The molecule has 282 valence electrons. The largest absolute Gasteiger partial charge is 0.488 e. The smallest absolute Gasteiger partial charge is 0.433 e. The van der Waals surface area contributed by atoms with Crippen LogP contribution in [0.2, 0.25) is 0 Å². The Hall–Kier alpha value is -5.58. The van der Waals surface area contributed by atoms with Gasteiger partial charge in [0.25, 0.3) is 5.91 Å². The van der Waals surface area contributed by atoms with Gasteiger partial charge in [0.1, 0.15) is 46.1 Å². The van der Waals surface area contributed by atoms with Crippen LogP contribution in [-0.2, 0) is 22.8 Å². The molecule has 0 radical (unpaired) electrons. The van der Waals surface area contributed by atoms with E-state index < -0.39 is 29.7 Å². The van der Waals surface area contributed by atoms with Gasteiger partial charge in [-0.1, -0.05) is 12.1 Å². The highest BCUT2D eigenvalue weighted by atomic mass is 19.4. The Morgan fingerprint density at radius 1 is 0.963 bits per heavy atom. The first-order valence-electron chi connectivity index (χ1n) is 18.1. The van der Waals surface area contributed by atoms with Crippen molar-refractivity contribution in [2.45, 2.75) is 81.8 Å². The fraction of sp³-hybridized carbons (Fsp3) is 0.432. The summed E-state index contributed by atoms with van der Waals surface area (Å²) in [7, 11) is 1.67. The lowest BCUT2D eigenvalue weighted by atomic mass is 9.89. The fourth-order valence-corrected chi connectivity index (χ4v) is 8.05. The molecule has 2 aliphatic heterocycles. The van der Waals surface area contributed by atoms with Gasteiger partial charge in [0.15, 0.2) is 0 Å². The fourth-order valence-electron chi connectivity index (χ4n) is 8.05. The maximum Gasteiger partial charge on any atom is 0.433 e. The number of hydrogen-bond donors (Lipinski definition) is 2. The van der Waals surface area contributed by atoms with E-state index in [1.807, 2.05) is 23.0 Å². The molecule has 0 bridgehead atoms. The number of rotatable bonds is 7. The third-order valence-electron chi connectivity index (χ3n) is 10.8. The number of imide groups is 1. The number of fused-ring (bicyclic) bond motifs is 2. The summed E-state index contributed by atoms with van der Waals surface area (Å²) in [5, 5.41) is 10.4. The zero-order chi connectivity index (χ0) is 37.7. The van der Waals surface area contributed by atoms with Gasteiger partial charge in [-0.25, -0.2) is 14.8 Å². The van der Waals surface area contributed by atoms with Crippen LogP contribution < -0.4 is 21.1 Å². The van der Waals surface area contributed by atoms with Gasteiger partial charge in [0, 0.05) is 44.2 Å². The van der Waals surface area contributed by atoms with Gasteiger partial charge in [-0.2, -0.15) is 18.3 Å². The number of nitrogens with one attached hydrogen (secondary N) is 2. The number of anilines is 1. The number of ether oxygens (including phenoxy) is 1. The molecule has 2 N–H and O–H groups in total. The molecule has 3 amide bonds. The molecule has 6 heterocycles. The molecule has 1 aliphatic carbocycles. The molecular formula is C37H38F3N9O5. The number of aryl methyl sites for hydroxylation is 1. The number of amides is 3. The molecule has 2 saturated heterocycles. The number of alkyl halides is 3. The van der Waals surface area contributed by atoms with Gasteiger partial charge in [0.2, 0.25) is 11.8 Å². The summed E-state index contributed by atoms with van der Waals surface area (Å²) in [6, 6.07) is 10.2. The first-order valence-corrected chi connectivity index (χ1v) is 18.1. The van der Waals surface area contributed by atoms with Gasteiger partial charge >= 0.3 is 11.9 Å². The van der Waals surface area contributed by atoms with Crippen molar-refractivity contribution in [3.63, 3.8) is 0 Å². The topological polar surface area (TPSA) is 158 Å². The standard InChI is InChI=1S/C37H38F3N9O5/c1-46-33-27(49(36(46)53)28-12-13-32(50)44-35(28)52)5-3-6-29(33)54-24-14-16-47(17-15-24)22-8-10-23(11-9-22)48-20-21-18-31(41-19-26(21)45-48)43-34(51)25-4-2-7-30(42-25)37(38,39)40/h2-7,18-20,22-24,28H,8-17H2,1H3,(H,43,51)(H,44,50,52)/t22-,23-,28?. The molecule has 4 aromatic heterocycles. The molecular weight excluding hydrogens is 707 g/mol. The Bertz CT molecular complexity index is 2320. The number of nitrogens with zero attached hydrogens (tertiary/aromatic N) is 7. The second-order valence-corrected chi connectivity index (χ2v) is 14.2. The monoisotopic (exact) mass is 745 g/mol. The van der Waals surface area contributed by atoms with Crippen molar-refractivity contribution in [2.24, 2.45) is 7.05 Å². The first-order chi connectivity index (χ1) is 25.9. The van der Waals surface area contributed by atoms with Crippen molar-refractivity contribution in [2.75, 3.05) is 18.4 Å². The summed E-state index contributed by atoms with van der Waals surface area (Å²) < 4.78 is 50.6. The molecule has 17 heteroatoms. The number of piperidine rings is 2. The second-order valence-electron chi connectivity index (χ2n) is 14.2. The number of carbonyl (C=O) groups is 3. The van der Waals surface area contributed by atoms with E-state index in [-0.39, 0.29) is 48.1 Å². The lowest BCUT2D eigenvalue weighted by Gasteiger charge is -2.40. The number of carbonyl (C=O) groups excluding carboxylic acids is 3. The van der Waals surface area contributed by atoms with Crippen LogP contribution in [0.15, 0.2) is 59.7 Å². The lowest BCUT2D eigenvalue weighted by molar-refractivity contribution is -0.141. The average molecular weight is 746 g/mol. The highest BCUT2D eigenvalue weighted by Gasteiger charge is 2.35. The Labute approximate surface area is 306 Å². The van der Waals surface area contributed by atoms with Crippen LogP contribution in [0, 0.1) is 0 Å². The Kier molecular flexibility index (Phi) is 9.19. The van der Waals surface area contributed by atoms with E-state index in [2.05, 4.69) is 25.5 Å². The molecule has 54 heavy (non-hydrogen) atoms. The number of halogens is 3. The van der Waals surface area contributed by atoms with Gasteiger partial charge < -0.3 is 15.0 Å². The number of likely N-dealkylation sites (tertiary alicyclic amines) is 1. The third-order valence-corrected chi connectivity index (χ3v) is 10.8. The summed E-state index contributed by atoms with van der Waals surface area (Å²) in [6.45, 7) is 1.77. The molecule has 8 rings (SSSR count). The van der Waals surface area contributed by atoms with E-state index in [4.69, 9.17) is 9.84 Å². The summed E-state index contributed by atoms with van der Waals surface area (Å²) in [4.78, 5) is 60.5. The van der Waals surface area contributed by atoms with Crippen molar-refractivity contribution in [1.82, 2.24) is 39.1 Å². The number of pyridine rings is 2. The molecule has 1 aromatic carbocycles. The van der Waals surface area contributed by atoms with Crippen molar-refractivity contribution < 1.29 is 32.3 Å². The van der Waals surface area contributed by atoms with Crippen molar-refractivity contribution in [1.29, 1.82) is 0 Å². The highest BCUT2D eigenvalue weighted by Crippen LogP contribution is 2.35. The molecule has 1 atom stereocenters. The zero-order valence-electron chi connectivity index (χ0n) is 29.4. The zero-order valence-corrected chi connectivity index (χ0v) is 29.4. The lowest BCUT2D eigenvalue weighted by Crippen LogP contribution is -2.45.